The molecule has 0 aromatic heterocycles. The van der Waals surface area contributed by atoms with Crippen LogP contribution in [0.4, 0.5) is 5.69 Å². The molecule has 1 aromatic carbocycles. The van der Waals surface area contributed by atoms with Crippen LogP contribution in [0.25, 0.3) is 0 Å². The zero-order valence-corrected chi connectivity index (χ0v) is 14.4. The van der Waals surface area contributed by atoms with Gasteiger partial charge in [0.15, 0.2) is 0 Å². The maximum absolute atomic E-state index is 10.8. The smallest absolute Gasteiger partial charge is 0.273 e. The number of benzene rings is 1. The first-order chi connectivity index (χ1) is 12.1. The minimum Gasteiger partial charge on any atom is -0.491 e. The number of nitro benzene ring substituents is 1. The molecule has 25 heavy (non-hydrogen) atoms. The summed E-state index contributed by atoms with van der Waals surface area (Å²) in [5.74, 6) is 3.02. The molecule has 4 bridgehead atoms. The molecule has 5 atom stereocenters. The SMILES string of the molecule is O=[N+]([O-])c1cccc(OC[C@H](O)CN2CC3C[C@@H]4CC2C[C@H](C3)C4)c1. The van der Waals surface area contributed by atoms with E-state index in [9.17, 15) is 15.2 Å². The number of nitrogens with zero attached hydrogens (tertiary/aromatic N) is 2. The van der Waals surface area contributed by atoms with Crippen molar-refractivity contribution >= 4 is 5.69 Å². The van der Waals surface area contributed by atoms with E-state index in [0.29, 0.717) is 18.3 Å². The number of aliphatic hydroxyl groups excluding tert-OH is 1. The van der Waals surface area contributed by atoms with Crippen LogP contribution in [0.2, 0.25) is 0 Å². The minimum atomic E-state index is -0.574. The summed E-state index contributed by atoms with van der Waals surface area (Å²) in [6.07, 6.45) is 6.14. The van der Waals surface area contributed by atoms with Gasteiger partial charge in [0.1, 0.15) is 18.5 Å². The van der Waals surface area contributed by atoms with Crippen molar-refractivity contribution in [1.82, 2.24) is 4.90 Å². The zero-order chi connectivity index (χ0) is 17.4. The number of nitro groups is 1. The molecule has 0 radical (unpaired) electrons. The summed E-state index contributed by atoms with van der Waals surface area (Å²) in [4.78, 5) is 12.9. The van der Waals surface area contributed by atoms with Crippen molar-refractivity contribution in [2.24, 2.45) is 17.8 Å². The number of rotatable bonds is 6. The number of hydrogen-bond donors (Lipinski definition) is 1. The Morgan fingerprint density at radius 2 is 1.92 bits per heavy atom. The molecule has 5 rings (SSSR count). The van der Waals surface area contributed by atoms with E-state index < -0.39 is 11.0 Å². The lowest BCUT2D eigenvalue weighted by molar-refractivity contribution is -0.384. The summed E-state index contributed by atoms with van der Waals surface area (Å²) < 4.78 is 5.59. The largest absolute Gasteiger partial charge is 0.491 e. The highest BCUT2D eigenvalue weighted by molar-refractivity contribution is 5.37. The lowest BCUT2D eigenvalue weighted by Crippen LogP contribution is -2.43. The molecule has 6 heteroatoms. The van der Waals surface area contributed by atoms with Gasteiger partial charge < -0.3 is 9.84 Å². The van der Waals surface area contributed by atoms with Gasteiger partial charge in [0.2, 0.25) is 0 Å². The zero-order valence-electron chi connectivity index (χ0n) is 14.4. The molecular weight excluding hydrogens is 320 g/mol. The van der Waals surface area contributed by atoms with Crippen LogP contribution in [0.3, 0.4) is 0 Å². The Labute approximate surface area is 147 Å². The molecule has 1 N–H and O–H groups in total. The van der Waals surface area contributed by atoms with E-state index in [1.165, 1.54) is 44.2 Å². The third kappa shape index (κ3) is 3.80. The Balaban J connectivity index is 1.32. The van der Waals surface area contributed by atoms with Crippen molar-refractivity contribution in [1.29, 1.82) is 0 Å². The molecule has 2 saturated carbocycles. The van der Waals surface area contributed by atoms with Gasteiger partial charge in [-0.25, -0.2) is 0 Å². The van der Waals surface area contributed by atoms with Gasteiger partial charge in [-0.15, -0.1) is 0 Å². The molecule has 2 aliphatic carbocycles. The number of fused-ring (bicyclic) bond motifs is 1. The van der Waals surface area contributed by atoms with Crippen LogP contribution >= 0.6 is 0 Å². The van der Waals surface area contributed by atoms with Gasteiger partial charge in [-0.1, -0.05) is 6.07 Å². The summed E-state index contributed by atoms with van der Waals surface area (Å²) >= 11 is 0. The molecule has 6 nitrogen and oxygen atoms in total. The van der Waals surface area contributed by atoms with Gasteiger partial charge in [0, 0.05) is 25.2 Å². The van der Waals surface area contributed by atoms with Crippen molar-refractivity contribution in [3.05, 3.63) is 34.4 Å². The van der Waals surface area contributed by atoms with E-state index in [0.717, 1.165) is 24.3 Å². The summed E-state index contributed by atoms with van der Waals surface area (Å²) in [6.45, 7) is 1.91. The molecule has 2 aliphatic heterocycles. The Hall–Kier alpha value is -1.66. The molecule has 2 saturated heterocycles. The first-order valence-electron chi connectivity index (χ1n) is 9.36. The van der Waals surface area contributed by atoms with E-state index in [2.05, 4.69) is 4.90 Å². The molecule has 2 unspecified atom stereocenters. The van der Waals surface area contributed by atoms with Gasteiger partial charge in [-0.3, -0.25) is 15.0 Å². The van der Waals surface area contributed by atoms with Crippen molar-refractivity contribution in [2.45, 2.75) is 44.2 Å². The second-order valence-electron chi connectivity index (χ2n) is 8.10. The van der Waals surface area contributed by atoms with Crippen molar-refractivity contribution in [3.63, 3.8) is 0 Å². The highest BCUT2D eigenvalue weighted by atomic mass is 16.6. The van der Waals surface area contributed by atoms with Crippen LogP contribution in [0, 0.1) is 27.9 Å². The molecule has 136 valence electrons. The standard InChI is InChI=1S/C19H26N2O4/c22-18(12-25-19-3-1-2-16(9-19)21(23)24)11-20-10-15-5-13-4-14(6-15)8-17(20)7-13/h1-3,9,13-15,17-18,22H,4-8,10-12H2/t13-,14+,15?,17?,18-/m1/s1. The number of hydrogen-bond acceptors (Lipinski definition) is 5. The van der Waals surface area contributed by atoms with Crippen molar-refractivity contribution in [3.8, 4) is 5.75 Å². The fourth-order valence-corrected chi connectivity index (χ4v) is 5.31. The molecule has 0 amide bonds. The second-order valence-corrected chi connectivity index (χ2v) is 8.10. The van der Waals surface area contributed by atoms with Gasteiger partial charge in [0.05, 0.1) is 11.0 Å². The number of ether oxygens (including phenoxy) is 1. The Morgan fingerprint density at radius 3 is 2.64 bits per heavy atom. The average molecular weight is 346 g/mol. The van der Waals surface area contributed by atoms with Gasteiger partial charge in [-0.2, -0.15) is 0 Å². The van der Waals surface area contributed by atoms with E-state index in [1.54, 1.807) is 12.1 Å². The van der Waals surface area contributed by atoms with Crippen LogP contribution < -0.4 is 4.74 Å². The summed E-state index contributed by atoms with van der Waals surface area (Å²) in [6, 6.07) is 6.74. The van der Waals surface area contributed by atoms with Crippen LogP contribution in [0.15, 0.2) is 24.3 Å². The van der Waals surface area contributed by atoms with E-state index >= 15 is 0 Å². The molecule has 1 aromatic rings. The van der Waals surface area contributed by atoms with Crippen LogP contribution in [-0.4, -0.2) is 46.8 Å². The molecule has 0 spiro atoms. The van der Waals surface area contributed by atoms with Crippen LogP contribution in [-0.2, 0) is 0 Å². The van der Waals surface area contributed by atoms with E-state index in [-0.39, 0.29) is 12.3 Å². The summed E-state index contributed by atoms with van der Waals surface area (Å²) in [5, 5.41) is 21.2. The lowest BCUT2D eigenvalue weighted by Gasteiger charge is -2.39. The van der Waals surface area contributed by atoms with Gasteiger partial charge in [-0.05, 0) is 55.9 Å². The third-order valence-corrected chi connectivity index (χ3v) is 6.14. The van der Waals surface area contributed by atoms with Crippen molar-refractivity contribution in [2.75, 3.05) is 19.7 Å². The van der Waals surface area contributed by atoms with Crippen LogP contribution in [0.1, 0.15) is 32.1 Å². The van der Waals surface area contributed by atoms with Gasteiger partial charge in [0.25, 0.3) is 5.69 Å². The van der Waals surface area contributed by atoms with Crippen LogP contribution in [0.5, 0.6) is 5.75 Å². The maximum Gasteiger partial charge on any atom is 0.273 e. The second kappa shape index (κ2) is 6.92. The first kappa shape index (κ1) is 16.8. The summed E-state index contributed by atoms with van der Waals surface area (Å²) in [7, 11) is 0. The quantitative estimate of drug-likeness (QED) is 0.633. The van der Waals surface area contributed by atoms with Gasteiger partial charge >= 0.3 is 0 Å². The fourth-order valence-electron chi connectivity index (χ4n) is 5.31. The lowest BCUT2D eigenvalue weighted by atomic mass is 9.68. The third-order valence-electron chi connectivity index (χ3n) is 6.14. The Kier molecular flexibility index (Phi) is 4.65. The molecule has 2 heterocycles. The first-order valence-corrected chi connectivity index (χ1v) is 9.36. The predicted octanol–water partition coefficient (Wildman–Crippen LogP) is 2.85. The minimum absolute atomic E-state index is 0.00697. The predicted molar refractivity (Wildman–Crippen MR) is 93.5 cm³/mol. The monoisotopic (exact) mass is 346 g/mol. The summed E-state index contributed by atoms with van der Waals surface area (Å²) in [5.41, 5.74) is 0.00697. The van der Waals surface area contributed by atoms with E-state index in [1.807, 2.05) is 0 Å². The van der Waals surface area contributed by atoms with Crippen molar-refractivity contribution < 1.29 is 14.8 Å². The fraction of sp³-hybridized carbons (Fsp3) is 0.684. The number of non-ortho nitro benzene ring substituents is 1. The molecular formula is C19H26N2O4. The Bertz CT molecular complexity index is 624. The highest BCUT2D eigenvalue weighted by Gasteiger charge is 2.42. The molecule has 4 fully saturated rings. The molecule has 4 aliphatic rings. The average Bonchev–Trinajstić information content (AvgIpc) is 2.76. The normalized spacial score (nSPS) is 32.4. The highest BCUT2D eigenvalue weighted by Crippen LogP contribution is 2.47. The Morgan fingerprint density at radius 1 is 1.20 bits per heavy atom. The number of aliphatic hydroxyl groups is 1. The maximum atomic E-state index is 10.8. The van der Waals surface area contributed by atoms with E-state index in [4.69, 9.17) is 4.74 Å². The topological polar surface area (TPSA) is 75.8 Å².